The number of nitrogens with zero attached hydrogens (tertiary/aromatic N) is 3. The van der Waals surface area contributed by atoms with E-state index in [1.807, 2.05) is 18.2 Å². The van der Waals surface area contributed by atoms with E-state index < -0.39 is 37.6 Å². The van der Waals surface area contributed by atoms with E-state index in [-0.39, 0.29) is 13.1 Å². The minimum Gasteiger partial charge on any atom is -0.394 e. The molecular weight excluding hydrogens is 342 g/mol. The number of pyridine rings is 1. The van der Waals surface area contributed by atoms with E-state index in [0.717, 1.165) is 11.4 Å². The van der Waals surface area contributed by atoms with Gasteiger partial charge in [0.25, 0.3) is 0 Å². The molecule has 0 aliphatic carbocycles. The maximum absolute atomic E-state index is 9.75. The molecule has 0 saturated carbocycles. The molecule has 9 heteroatoms. The number of aliphatic hydroxyl groups excluding tert-OH is 6. The van der Waals surface area contributed by atoms with Crippen LogP contribution < -0.4 is 0 Å². The van der Waals surface area contributed by atoms with E-state index in [4.69, 9.17) is 10.2 Å². The largest absolute Gasteiger partial charge is 0.394 e. The zero-order valence-electron chi connectivity index (χ0n) is 15.3. The Kier molecular flexibility index (Phi) is 10.1. The maximum atomic E-state index is 9.75. The van der Waals surface area contributed by atoms with Crippen molar-refractivity contribution in [3.05, 3.63) is 29.6 Å². The standard InChI is InChI=1S/C17H31N3O6/c1-19(8-14(23)16(25)10-21)6-12-4-3-5-13(18-12)7-20(2)9-15(24)17(26)11-22/h3-5,14-17,21-26H,6-11H2,1-2H3. The monoisotopic (exact) mass is 373 g/mol. The normalized spacial score (nSPS) is 16.7. The Labute approximate surface area is 153 Å². The Morgan fingerprint density at radius 1 is 0.769 bits per heavy atom. The first-order valence-electron chi connectivity index (χ1n) is 8.52. The predicted octanol–water partition coefficient (Wildman–Crippen LogP) is -2.63. The summed E-state index contributed by atoms with van der Waals surface area (Å²) in [4.78, 5) is 8.11. The molecule has 1 aromatic rings. The van der Waals surface area contributed by atoms with Crippen LogP contribution in [0.5, 0.6) is 0 Å². The minimum absolute atomic E-state index is 0.193. The van der Waals surface area contributed by atoms with Crippen LogP contribution in [0.1, 0.15) is 11.4 Å². The lowest BCUT2D eigenvalue weighted by atomic mass is 10.2. The first-order valence-corrected chi connectivity index (χ1v) is 8.52. The Morgan fingerprint density at radius 3 is 1.50 bits per heavy atom. The van der Waals surface area contributed by atoms with Crippen LogP contribution in [-0.4, -0.2) is 110 Å². The molecule has 1 aromatic heterocycles. The van der Waals surface area contributed by atoms with E-state index in [1.165, 1.54) is 0 Å². The molecular formula is C17H31N3O6. The summed E-state index contributed by atoms with van der Waals surface area (Å²) >= 11 is 0. The van der Waals surface area contributed by atoms with Crippen LogP contribution in [0.25, 0.3) is 0 Å². The lowest BCUT2D eigenvalue weighted by molar-refractivity contribution is -0.0276. The molecule has 0 fully saturated rings. The fraction of sp³-hybridized carbons (Fsp3) is 0.706. The summed E-state index contributed by atoms with van der Waals surface area (Å²) in [6.07, 6.45) is -4.44. The van der Waals surface area contributed by atoms with Crippen molar-refractivity contribution in [1.29, 1.82) is 0 Å². The van der Waals surface area contributed by atoms with E-state index in [0.29, 0.717) is 13.1 Å². The third-order valence-electron chi connectivity index (χ3n) is 3.99. The van der Waals surface area contributed by atoms with Gasteiger partial charge in [-0.15, -0.1) is 0 Å². The Bertz CT molecular complexity index is 480. The average molecular weight is 373 g/mol. The van der Waals surface area contributed by atoms with Gasteiger partial charge in [-0.2, -0.15) is 0 Å². The van der Waals surface area contributed by atoms with E-state index >= 15 is 0 Å². The quantitative estimate of drug-likeness (QED) is 0.232. The van der Waals surface area contributed by atoms with Crippen molar-refractivity contribution in [1.82, 2.24) is 14.8 Å². The summed E-state index contributed by atoms with van der Waals surface area (Å²) in [6, 6.07) is 5.55. The third kappa shape index (κ3) is 8.02. The van der Waals surface area contributed by atoms with Crippen LogP contribution in [0.3, 0.4) is 0 Å². The molecule has 1 heterocycles. The molecule has 0 aliphatic rings. The van der Waals surface area contributed by atoms with Gasteiger partial charge in [-0.25, -0.2) is 0 Å². The summed E-state index contributed by atoms with van der Waals surface area (Å²) in [5.41, 5.74) is 1.56. The molecule has 0 spiro atoms. The van der Waals surface area contributed by atoms with Crippen molar-refractivity contribution in [2.24, 2.45) is 0 Å². The SMILES string of the molecule is CN(Cc1cccc(CN(C)CC(O)C(O)CO)n1)CC(O)C(O)CO. The summed E-state index contributed by atoms with van der Waals surface area (Å²) in [7, 11) is 3.56. The van der Waals surface area contributed by atoms with Gasteiger partial charge in [0.1, 0.15) is 12.2 Å². The van der Waals surface area contributed by atoms with Crippen LogP contribution in [0.4, 0.5) is 0 Å². The molecule has 4 atom stereocenters. The Balaban J connectivity index is 2.56. The highest BCUT2D eigenvalue weighted by molar-refractivity contribution is 5.11. The van der Waals surface area contributed by atoms with Gasteiger partial charge >= 0.3 is 0 Å². The Morgan fingerprint density at radius 2 is 1.15 bits per heavy atom. The lowest BCUT2D eigenvalue weighted by Crippen LogP contribution is -2.39. The lowest BCUT2D eigenvalue weighted by Gasteiger charge is -2.24. The molecule has 0 radical (unpaired) electrons. The van der Waals surface area contributed by atoms with Crippen molar-refractivity contribution >= 4 is 0 Å². The van der Waals surface area contributed by atoms with Gasteiger partial charge in [0.2, 0.25) is 0 Å². The van der Waals surface area contributed by atoms with Crippen LogP contribution in [-0.2, 0) is 13.1 Å². The molecule has 0 aliphatic heterocycles. The number of aliphatic hydroxyl groups is 6. The zero-order valence-corrected chi connectivity index (χ0v) is 15.3. The van der Waals surface area contributed by atoms with Gasteiger partial charge in [0, 0.05) is 26.2 Å². The molecule has 0 aromatic carbocycles. The Hall–Kier alpha value is -1.17. The fourth-order valence-corrected chi connectivity index (χ4v) is 2.51. The van der Waals surface area contributed by atoms with E-state index in [1.54, 1.807) is 23.9 Å². The summed E-state index contributed by atoms with van der Waals surface area (Å²) < 4.78 is 0. The first-order chi connectivity index (χ1) is 12.3. The minimum atomic E-state index is -1.17. The van der Waals surface area contributed by atoms with Crippen LogP contribution in [0.2, 0.25) is 0 Å². The van der Waals surface area contributed by atoms with Crippen molar-refractivity contribution in [3.63, 3.8) is 0 Å². The number of hydrogen-bond donors (Lipinski definition) is 6. The van der Waals surface area contributed by atoms with Crippen molar-refractivity contribution in [2.75, 3.05) is 40.4 Å². The third-order valence-corrected chi connectivity index (χ3v) is 3.99. The van der Waals surface area contributed by atoms with Gasteiger partial charge in [0.05, 0.1) is 36.8 Å². The highest BCUT2D eigenvalue weighted by Gasteiger charge is 2.19. The van der Waals surface area contributed by atoms with Crippen LogP contribution >= 0.6 is 0 Å². The second-order valence-electron chi connectivity index (χ2n) is 6.65. The van der Waals surface area contributed by atoms with Gasteiger partial charge in [-0.3, -0.25) is 14.8 Å². The molecule has 0 amide bonds. The molecule has 150 valence electrons. The van der Waals surface area contributed by atoms with Gasteiger partial charge in [0.15, 0.2) is 0 Å². The van der Waals surface area contributed by atoms with Gasteiger partial charge < -0.3 is 30.6 Å². The molecule has 9 nitrogen and oxygen atoms in total. The summed E-state index contributed by atoms with van der Waals surface area (Å²) in [5, 5.41) is 56.0. The molecule has 0 bridgehead atoms. The van der Waals surface area contributed by atoms with E-state index in [2.05, 4.69) is 4.98 Å². The first kappa shape index (κ1) is 22.9. The second-order valence-corrected chi connectivity index (χ2v) is 6.65. The van der Waals surface area contributed by atoms with Crippen molar-refractivity contribution in [3.8, 4) is 0 Å². The average Bonchev–Trinajstić information content (AvgIpc) is 2.59. The van der Waals surface area contributed by atoms with Crippen LogP contribution in [0, 0.1) is 0 Å². The second kappa shape index (κ2) is 11.5. The van der Waals surface area contributed by atoms with Gasteiger partial charge in [-0.05, 0) is 26.2 Å². The number of rotatable bonds is 12. The van der Waals surface area contributed by atoms with Crippen molar-refractivity contribution < 1.29 is 30.6 Å². The number of aromatic nitrogens is 1. The molecule has 6 N–H and O–H groups in total. The van der Waals surface area contributed by atoms with Crippen molar-refractivity contribution in [2.45, 2.75) is 37.5 Å². The topological polar surface area (TPSA) is 141 Å². The van der Waals surface area contributed by atoms with Gasteiger partial charge in [-0.1, -0.05) is 6.07 Å². The number of hydrogen-bond acceptors (Lipinski definition) is 9. The maximum Gasteiger partial charge on any atom is 0.104 e. The molecule has 1 rings (SSSR count). The van der Waals surface area contributed by atoms with E-state index in [9.17, 15) is 20.4 Å². The smallest absolute Gasteiger partial charge is 0.104 e. The predicted molar refractivity (Wildman–Crippen MR) is 95.1 cm³/mol. The highest BCUT2D eigenvalue weighted by Crippen LogP contribution is 2.07. The molecule has 4 unspecified atom stereocenters. The fourth-order valence-electron chi connectivity index (χ4n) is 2.51. The van der Waals surface area contributed by atoms with Crippen LogP contribution in [0.15, 0.2) is 18.2 Å². The molecule has 26 heavy (non-hydrogen) atoms. The zero-order chi connectivity index (χ0) is 19.7. The molecule has 0 saturated heterocycles. The summed E-state index contributed by atoms with van der Waals surface area (Å²) in [6.45, 7) is 0.312. The highest BCUT2D eigenvalue weighted by atomic mass is 16.4. The number of likely N-dealkylation sites (N-methyl/N-ethyl adjacent to an activating group) is 2. The summed E-state index contributed by atoms with van der Waals surface area (Å²) in [5.74, 6) is 0.